The first-order valence-corrected chi connectivity index (χ1v) is 22.6. The fraction of sp³-hybridized carbons (Fsp3) is 0.404. The number of ether oxygens (including phenoxy) is 1. The number of piperazine rings is 2. The molecule has 5 aliphatic rings. The highest BCUT2D eigenvalue weighted by atomic mass is 16.5. The van der Waals surface area contributed by atoms with Crippen LogP contribution in [0.1, 0.15) is 58.9 Å². The number of urea groups is 1. The number of hydrogen-bond acceptors (Lipinski definition) is 13. The molecular weight excluding hydrogens is 829 g/mol. The molecule has 10 rings (SSSR count). The van der Waals surface area contributed by atoms with Crippen LogP contribution in [0.25, 0.3) is 22.3 Å². The predicted molar refractivity (Wildman–Crippen MR) is 241 cm³/mol. The second kappa shape index (κ2) is 17.9. The van der Waals surface area contributed by atoms with Gasteiger partial charge in [-0.1, -0.05) is 18.2 Å². The molecule has 3 aromatic carbocycles. The normalized spacial score (nSPS) is 21.0. The van der Waals surface area contributed by atoms with Gasteiger partial charge in [0.25, 0.3) is 11.8 Å². The number of nitrogen functional groups attached to an aromatic ring is 1. The minimum Gasteiger partial charge on any atom is -0.457 e. The number of carbonyl (C=O) groups is 5. The summed E-state index contributed by atoms with van der Waals surface area (Å²) < 4.78 is 7.94. The average molecular weight is 881 g/mol. The van der Waals surface area contributed by atoms with Crippen molar-refractivity contribution in [2.75, 3.05) is 89.2 Å². The number of rotatable bonds is 10. The molecule has 0 aliphatic carbocycles. The van der Waals surface area contributed by atoms with Crippen LogP contribution in [0.2, 0.25) is 0 Å². The molecule has 65 heavy (non-hydrogen) atoms. The first kappa shape index (κ1) is 42.1. The second-order valence-electron chi connectivity index (χ2n) is 17.4. The molecule has 1 unspecified atom stereocenters. The summed E-state index contributed by atoms with van der Waals surface area (Å²) in [5.41, 5.74) is 10.1. The zero-order valence-electron chi connectivity index (χ0n) is 36.2. The van der Waals surface area contributed by atoms with Crippen molar-refractivity contribution in [2.24, 2.45) is 0 Å². The summed E-state index contributed by atoms with van der Waals surface area (Å²) in [5, 5.41) is 8.02. The number of para-hydroxylation sites is 1. The lowest BCUT2D eigenvalue weighted by molar-refractivity contribution is -0.136. The molecule has 5 aliphatic heterocycles. The summed E-state index contributed by atoms with van der Waals surface area (Å²) in [5.74, 6) is -0.162. The SMILES string of the molecule is Nc1ncnc2c1c(-c1ccc(Oc3ccccc3)cc1)nn2[C@@H]1CCCN(C(=O)N2CCN(CCCN3CCN(c4ccc5c(c4)C(=O)N(C4CCC(=O)NC4=O)C5=O)CC3)CC2)C1. The molecule has 18 nitrogen and oxygen atoms in total. The molecular formula is C47H52N12O6. The maximum atomic E-state index is 14.0. The molecule has 0 spiro atoms. The molecule has 0 radical (unpaired) electrons. The molecule has 6 amide bonds. The van der Waals surface area contributed by atoms with Gasteiger partial charge in [-0.05, 0) is 93.4 Å². The van der Waals surface area contributed by atoms with E-state index in [9.17, 15) is 24.0 Å². The van der Waals surface area contributed by atoms with Crippen LogP contribution in [-0.4, -0.2) is 158 Å². The van der Waals surface area contributed by atoms with Crippen LogP contribution in [0.4, 0.5) is 16.3 Å². The average Bonchev–Trinajstić information content (AvgIpc) is 3.85. The van der Waals surface area contributed by atoms with Gasteiger partial charge in [0.2, 0.25) is 11.8 Å². The third kappa shape index (κ3) is 8.46. The number of nitrogens with zero attached hydrogens (tertiary/aromatic N) is 10. The van der Waals surface area contributed by atoms with E-state index in [1.807, 2.05) is 75.1 Å². The molecule has 5 aromatic rings. The number of imide groups is 2. The zero-order chi connectivity index (χ0) is 44.6. The molecule has 3 N–H and O–H groups in total. The Kier molecular flexibility index (Phi) is 11.6. The summed E-state index contributed by atoms with van der Waals surface area (Å²) >= 11 is 0. The van der Waals surface area contributed by atoms with Crippen LogP contribution in [0, 0.1) is 0 Å². The summed E-state index contributed by atoms with van der Waals surface area (Å²) in [6.07, 6.45) is 4.43. The van der Waals surface area contributed by atoms with Crippen molar-refractivity contribution in [3.05, 3.63) is 90.3 Å². The summed E-state index contributed by atoms with van der Waals surface area (Å²) in [7, 11) is 0. The number of anilines is 2. The van der Waals surface area contributed by atoms with Crippen molar-refractivity contribution in [3.63, 3.8) is 0 Å². The first-order valence-electron chi connectivity index (χ1n) is 22.6. The van der Waals surface area contributed by atoms with Gasteiger partial charge in [-0.15, -0.1) is 0 Å². The predicted octanol–water partition coefficient (Wildman–Crippen LogP) is 3.86. The highest BCUT2D eigenvalue weighted by Crippen LogP contribution is 2.36. The Bertz CT molecular complexity index is 2620. The number of fused-ring (bicyclic) bond motifs is 2. The Morgan fingerprint density at radius 1 is 0.754 bits per heavy atom. The lowest BCUT2D eigenvalue weighted by Crippen LogP contribution is -2.54. The summed E-state index contributed by atoms with van der Waals surface area (Å²) in [6.45, 7) is 9.50. The number of likely N-dealkylation sites (tertiary alicyclic amines) is 1. The molecule has 2 atom stereocenters. The lowest BCUT2D eigenvalue weighted by Gasteiger charge is -2.40. The van der Waals surface area contributed by atoms with E-state index in [2.05, 4.69) is 30.0 Å². The first-order chi connectivity index (χ1) is 31.7. The van der Waals surface area contributed by atoms with Crippen molar-refractivity contribution < 1.29 is 28.7 Å². The van der Waals surface area contributed by atoms with Crippen molar-refractivity contribution in [1.29, 1.82) is 0 Å². The topological polar surface area (TPSA) is 196 Å². The molecule has 336 valence electrons. The number of amides is 6. The third-order valence-electron chi connectivity index (χ3n) is 13.4. The minimum atomic E-state index is -0.979. The van der Waals surface area contributed by atoms with Crippen LogP contribution in [0.5, 0.6) is 11.5 Å². The maximum Gasteiger partial charge on any atom is 0.320 e. The highest BCUT2D eigenvalue weighted by Gasteiger charge is 2.45. The molecule has 4 fully saturated rings. The fourth-order valence-electron chi connectivity index (χ4n) is 9.85. The Labute approximate surface area is 375 Å². The van der Waals surface area contributed by atoms with E-state index < -0.39 is 29.7 Å². The Morgan fingerprint density at radius 3 is 2.20 bits per heavy atom. The van der Waals surface area contributed by atoms with E-state index in [4.69, 9.17) is 15.6 Å². The summed E-state index contributed by atoms with van der Waals surface area (Å²) in [4.78, 5) is 85.6. The van der Waals surface area contributed by atoms with Crippen LogP contribution >= 0.6 is 0 Å². The number of carbonyl (C=O) groups excluding carboxylic acids is 5. The molecule has 2 aromatic heterocycles. The monoisotopic (exact) mass is 880 g/mol. The number of benzene rings is 3. The van der Waals surface area contributed by atoms with Gasteiger partial charge in [0.15, 0.2) is 5.65 Å². The van der Waals surface area contributed by atoms with Gasteiger partial charge in [-0.3, -0.25) is 39.2 Å². The van der Waals surface area contributed by atoms with Gasteiger partial charge in [-0.2, -0.15) is 5.10 Å². The molecule has 0 bridgehead atoms. The third-order valence-corrected chi connectivity index (χ3v) is 13.4. The number of piperidine rings is 2. The van der Waals surface area contributed by atoms with Gasteiger partial charge < -0.3 is 25.2 Å². The standard InChI is InChI=1S/C47H52N12O6/c48-42-40-41(31-9-12-35(13-10-31)65-34-7-2-1-3-8-34)52-59(43(40)50-30-49-42)33-6-4-19-57(29-33)47(64)56-26-22-54(23-27-56)18-5-17-53-20-24-55(25-21-53)32-11-14-36-37(28-32)46(63)58(45(36)62)38-15-16-39(60)51-44(38)61/h1-3,7-14,28,30,33,38H,4-6,15-27,29H2,(H2,48,49,50)(H,51,60,61)/t33-,38?/m1/s1. The molecule has 0 saturated carbocycles. The van der Waals surface area contributed by atoms with Crippen LogP contribution < -0.4 is 20.7 Å². The Morgan fingerprint density at radius 2 is 1.46 bits per heavy atom. The van der Waals surface area contributed by atoms with E-state index in [1.54, 1.807) is 12.1 Å². The number of hydrogen-bond donors (Lipinski definition) is 2. The maximum absolute atomic E-state index is 14.0. The zero-order valence-corrected chi connectivity index (χ0v) is 36.2. The van der Waals surface area contributed by atoms with E-state index in [0.29, 0.717) is 60.0 Å². The number of nitrogens with two attached hydrogens (primary N) is 1. The molecule has 7 heterocycles. The fourth-order valence-corrected chi connectivity index (χ4v) is 9.85. The minimum absolute atomic E-state index is 0.0665. The van der Waals surface area contributed by atoms with Crippen molar-refractivity contribution >= 4 is 52.2 Å². The quantitative estimate of drug-likeness (QED) is 0.192. The Balaban J connectivity index is 0.686. The smallest absolute Gasteiger partial charge is 0.320 e. The molecule has 4 saturated heterocycles. The van der Waals surface area contributed by atoms with Crippen molar-refractivity contribution in [1.82, 2.24) is 49.6 Å². The van der Waals surface area contributed by atoms with Gasteiger partial charge in [0.1, 0.15) is 35.4 Å². The van der Waals surface area contributed by atoms with Gasteiger partial charge >= 0.3 is 6.03 Å². The second-order valence-corrected chi connectivity index (χ2v) is 17.4. The number of aromatic nitrogens is 4. The van der Waals surface area contributed by atoms with Crippen LogP contribution in [0.15, 0.2) is 79.1 Å². The highest BCUT2D eigenvalue weighted by molar-refractivity contribution is 6.23. The summed E-state index contributed by atoms with van der Waals surface area (Å²) in [6, 6.07) is 21.7. The van der Waals surface area contributed by atoms with Crippen molar-refractivity contribution in [3.8, 4) is 22.8 Å². The van der Waals surface area contributed by atoms with Crippen molar-refractivity contribution in [2.45, 2.75) is 44.2 Å². The van der Waals surface area contributed by atoms with Crippen LogP contribution in [0.3, 0.4) is 0 Å². The number of nitrogens with one attached hydrogen (secondary N) is 1. The van der Waals surface area contributed by atoms with E-state index in [-0.39, 0.29) is 30.5 Å². The molecule has 18 heteroatoms. The van der Waals surface area contributed by atoms with E-state index in [0.717, 1.165) is 93.5 Å². The van der Waals surface area contributed by atoms with E-state index in [1.165, 1.54) is 6.33 Å². The van der Waals surface area contributed by atoms with Crippen LogP contribution in [-0.2, 0) is 9.59 Å². The lowest BCUT2D eigenvalue weighted by atomic mass is 10.0. The van der Waals surface area contributed by atoms with Gasteiger partial charge in [-0.25, -0.2) is 19.4 Å². The van der Waals surface area contributed by atoms with E-state index >= 15 is 0 Å². The Hall–Kier alpha value is -6.92. The van der Waals surface area contributed by atoms with Gasteiger partial charge in [0.05, 0.1) is 22.6 Å². The van der Waals surface area contributed by atoms with Gasteiger partial charge in [0, 0.05) is 83.1 Å². The largest absolute Gasteiger partial charge is 0.457 e.